The minimum Gasteiger partial charge on any atom is -0.373 e. The van der Waals surface area contributed by atoms with Gasteiger partial charge in [-0.05, 0) is 24.3 Å². The second-order valence-electron chi connectivity index (χ2n) is 5.31. The zero-order chi connectivity index (χ0) is 13.2. The number of carbonyl (C=O) groups excluding carboxylic acids is 2. The van der Waals surface area contributed by atoms with Crippen LogP contribution in [0.15, 0.2) is 16.8 Å². The van der Waals surface area contributed by atoms with Crippen molar-refractivity contribution in [3.05, 3.63) is 16.8 Å². The lowest BCUT2D eigenvalue weighted by molar-refractivity contribution is -0.141. The third kappa shape index (κ3) is 2.52. The Morgan fingerprint density at radius 3 is 2.68 bits per heavy atom. The first-order valence-corrected chi connectivity index (χ1v) is 7.84. The Morgan fingerprint density at radius 1 is 1.21 bits per heavy atom. The molecule has 1 atom stereocenters. The van der Waals surface area contributed by atoms with E-state index in [9.17, 15) is 9.59 Å². The monoisotopic (exact) mass is 278 g/mol. The molecule has 1 aromatic heterocycles. The maximum absolute atomic E-state index is 12.4. The molecule has 3 rings (SSSR count). The van der Waals surface area contributed by atoms with Crippen LogP contribution in [0.5, 0.6) is 0 Å². The van der Waals surface area contributed by atoms with Crippen LogP contribution in [0.1, 0.15) is 38.5 Å². The minimum atomic E-state index is -0.371. The average molecular weight is 278 g/mol. The molecular weight excluding hydrogens is 260 g/mol. The molecule has 2 amide bonds. The van der Waals surface area contributed by atoms with Crippen LogP contribution in [0.3, 0.4) is 0 Å². The molecule has 0 aromatic carbocycles. The Hall–Kier alpha value is -1.36. The van der Waals surface area contributed by atoms with E-state index in [2.05, 4.69) is 5.32 Å². The Bertz CT molecular complexity index is 466. The Labute approximate surface area is 116 Å². The van der Waals surface area contributed by atoms with Crippen LogP contribution in [0, 0.1) is 0 Å². The highest BCUT2D eigenvalue weighted by atomic mass is 32.1. The molecule has 2 heterocycles. The fraction of sp³-hybridized carbons (Fsp3) is 0.571. The molecule has 0 spiro atoms. The van der Waals surface area contributed by atoms with Crippen molar-refractivity contribution >= 4 is 28.8 Å². The van der Waals surface area contributed by atoms with E-state index in [1.54, 1.807) is 11.3 Å². The van der Waals surface area contributed by atoms with Crippen LogP contribution in [-0.4, -0.2) is 28.8 Å². The Morgan fingerprint density at radius 2 is 2.00 bits per heavy atom. The summed E-state index contributed by atoms with van der Waals surface area (Å²) in [5, 5.41) is 7.09. The molecule has 102 valence electrons. The zero-order valence-electron chi connectivity index (χ0n) is 10.8. The molecule has 1 N–H and O–H groups in total. The summed E-state index contributed by atoms with van der Waals surface area (Å²) in [6, 6.07) is 1.71. The van der Waals surface area contributed by atoms with Crippen LogP contribution in [0.25, 0.3) is 0 Å². The molecular formula is C14H18N2O2S. The van der Waals surface area contributed by atoms with Gasteiger partial charge in [-0.2, -0.15) is 11.3 Å². The molecule has 4 nitrogen and oxygen atoms in total. The van der Waals surface area contributed by atoms with E-state index < -0.39 is 0 Å². The predicted octanol–water partition coefficient (Wildman–Crippen LogP) is 2.62. The fourth-order valence-electron chi connectivity index (χ4n) is 3.03. The highest BCUT2D eigenvalue weighted by Crippen LogP contribution is 2.28. The summed E-state index contributed by atoms with van der Waals surface area (Å²) in [7, 11) is 0. The lowest BCUT2D eigenvalue weighted by Gasteiger charge is -2.29. The van der Waals surface area contributed by atoms with Gasteiger partial charge in [-0.25, -0.2) is 0 Å². The van der Waals surface area contributed by atoms with Gasteiger partial charge in [-0.1, -0.05) is 19.3 Å². The van der Waals surface area contributed by atoms with Crippen molar-refractivity contribution in [2.24, 2.45) is 0 Å². The fourth-order valence-corrected chi connectivity index (χ4v) is 3.63. The molecule has 0 radical (unpaired) electrons. The zero-order valence-corrected chi connectivity index (χ0v) is 11.6. The summed E-state index contributed by atoms with van der Waals surface area (Å²) < 4.78 is 0. The molecule has 1 unspecified atom stereocenters. The van der Waals surface area contributed by atoms with Crippen molar-refractivity contribution in [3.63, 3.8) is 0 Å². The van der Waals surface area contributed by atoms with Gasteiger partial charge in [0.15, 0.2) is 0 Å². The molecule has 2 aliphatic rings. The van der Waals surface area contributed by atoms with Crippen molar-refractivity contribution in [2.45, 2.75) is 50.6 Å². The van der Waals surface area contributed by atoms with E-state index in [1.165, 1.54) is 11.3 Å². The molecule has 1 aliphatic carbocycles. The van der Waals surface area contributed by atoms with Crippen molar-refractivity contribution in [1.82, 2.24) is 4.90 Å². The van der Waals surface area contributed by atoms with Crippen LogP contribution < -0.4 is 5.32 Å². The van der Waals surface area contributed by atoms with Crippen LogP contribution >= 0.6 is 11.3 Å². The van der Waals surface area contributed by atoms with E-state index in [0.29, 0.717) is 6.42 Å². The summed E-state index contributed by atoms with van der Waals surface area (Å²) >= 11 is 1.58. The molecule has 1 saturated carbocycles. The highest BCUT2D eigenvalue weighted by molar-refractivity contribution is 7.08. The van der Waals surface area contributed by atoms with E-state index in [-0.39, 0.29) is 23.9 Å². The van der Waals surface area contributed by atoms with E-state index in [0.717, 1.165) is 31.4 Å². The second-order valence-corrected chi connectivity index (χ2v) is 6.09. The number of anilines is 1. The third-order valence-corrected chi connectivity index (χ3v) is 4.67. The number of rotatable bonds is 3. The van der Waals surface area contributed by atoms with Crippen LogP contribution in [0.2, 0.25) is 0 Å². The standard InChI is InChI=1S/C14H18N2O2S/c17-13-8-12(15-10-6-7-19-9-10)14(18)16(13)11-4-2-1-3-5-11/h6-7,9,11-12,15H,1-5,8H2. The molecule has 1 aliphatic heterocycles. The molecule has 19 heavy (non-hydrogen) atoms. The van der Waals surface area contributed by atoms with Crippen molar-refractivity contribution in [3.8, 4) is 0 Å². The molecule has 1 aromatic rings. The van der Waals surface area contributed by atoms with Gasteiger partial charge < -0.3 is 5.32 Å². The molecule has 0 bridgehead atoms. The quantitative estimate of drug-likeness (QED) is 0.865. The van der Waals surface area contributed by atoms with Gasteiger partial charge in [0, 0.05) is 17.1 Å². The summed E-state index contributed by atoms with van der Waals surface area (Å²) in [6.45, 7) is 0. The number of hydrogen-bond donors (Lipinski definition) is 1. The predicted molar refractivity (Wildman–Crippen MR) is 75.1 cm³/mol. The summed E-state index contributed by atoms with van der Waals surface area (Å²) in [4.78, 5) is 26.0. The lowest BCUT2D eigenvalue weighted by atomic mass is 9.94. The first kappa shape index (κ1) is 12.7. The Balaban J connectivity index is 1.69. The number of nitrogens with zero attached hydrogens (tertiary/aromatic N) is 1. The summed E-state index contributed by atoms with van der Waals surface area (Å²) in [5.74, 6) is -0.0484. The molecule has 1 saturated heterocycles. The van der Waals surface area contributed by atoms with Crippen molar-refractivity contribution in [1.29, 1.82) is 0 Å². The number of amides is 2. The number of carbonyl (C=O) groups is 2. The van der Waals surface area contributed by atoms with Gasteiger partial charge >= 0.3 is 0 Å². The largest absolute Gasteiger partial charge is 0.373 e. The van der Waals surface area contributed by atoms with E-state index >= 15 is 0 Å². The number of thiophene rings is 1. The molecule has 2 fully saturated rings. The van der Waals surface area contributed by atoms with Gasteiger partial charge in [-0.15, -0.1) is 0 Å². The maximum Gasteiger partial charge on any atom is 0.252 e. The van der Waals surface area contributed by atoms with Gasteiger partial charge in [0.1, 0.15) is 6.04 Å². The van der Waals surface area contributed by atoms with Gasteiger partial charge in [0.2, 0.25) is 5.91 Å². The third-order valence-electron chi connectivity index (χ3n) is 3.98. The number of nitrogens with one attached hydrogen (secondary N) is 1. The minimum absolute atomic E-state index is 0.00960. The second kappa shape index (κ2) is 5.33. The van der Waals surface area contributed by atoms with Crippen LogP contribution in [-0.2, 0) is 9.59 Å². The van der Waals surface area contributed by atoms with E-state index in [4.69, 9.17) is 0 Å². The lowest BCUT2D eigenvalue weighted by Crippen LogP contribution is -2.43. The first-order chi connectivity index (χ1) is 9.25. The number of likely N-dealkylation sites (tertiary alicyclic amines) is 1. The summed E-state index contributed by atoms with van der Waals surface area (Å²) in [5.41, 5.74) is 0.932. The maximum atomic E-state index is 12.4. The average Bonchev–Trinajstić information content (AvgIpc) is 3.01. The number of hydrogen-bond acceptors (Lipinski definition) is 4. The van der Waals surface area contributed by atoms with E-state index in [1.807, 2.05) is 16.8 Å². The first-order valence-electron chi connectivity index (χ1n) is 6.90. The van der Waals surface area contributed by atoms with Gasteiger partial charge in [0.05, 0.1) is 6.42 Å². The topological polar surface area (TPSA) is 49.4 Å². The summed E-state index contributed by atoms with van der Waals surface area (Å²) in [6.07, 6.45) is 5.73. The molecule has 5 heteroatoms. The Kier molecular flexibility index (Phi) is 3.55. The van der Waals surface area contributed by atoms with Crippen molar-refractivity contribution < 1.29 is 9.59 Å². The normalized spacial score (nSPS) is 25.1. The van der Waals surface area contributed by atoms with Gasteiger partial charge in [-0.3, -0.25) is 14.5 Å². The number of imide groups is 1. The smallest absolute Gasteiger partial charge is 0.252 e. The van der Waals surface area contributed by atoms with Gasteiger partial charge in [0.25, 0.3) is 5.91 Å². The SMILES string of the molecule is O=C1CC(Nc2ccsc2)C(=O)N1C1CCCCC1. The van der Waals surface area contributed by atoms with Crippen molar-refractivity contribution in [2.75, 3.05) is 5.32 Å². The van der Waals surface area contributed by atoms with Crippen LogP contribution in [0.4, 0.5) is 5.69 Å². The highest BCUT2D eigenvalue weighted by Gasteiger charge is 2.42.